The van der Waals surface area contributed by atoms with Crippen LogP contribution in [0.15, 0.2) is 54.6 Å². The molecule has 0 saturated carbocycles. The fraction of sp³-hybridized carbons (Fsp3) is 0.433. The van der Waals surface area contributed by atoms with E-state index in [0.29, 0.717) is 17.9 Å². The minimum Gasteiger partial charge on any atom is -0.491 e. The van der Waals surface area contributed by atoms with Crippen LogP contribution in [0.4, 0.5) is 0 Å². The summed E-state index contributed by atoms with van der Waals surface area (Å²) in [5.41, 5.74) is 1.53. The lowest BCUT2D eigenvalue weighted by atomic mass is 10.00. The molecule has 3 amide bonds. The van der Waals surface area contributed by atoms with Crippen molar-refractivity contribution in [3.8, 4) is 17.6 Å². The Bertz CT molecular complexity index is 1190. The van der Waals surface area contributed by atoms with Crippen LogP contribution in [-0.2, 0) is 20.8 Å². The van der Waals surface area contributed by atoms with Crippen molar-refractivity contribution >= 4 is 17.7 Å². The number of fused-ring (bicyclic) bond motifs is 1. The lowest BCUT2D eigenvalue weighted by Gasteiger charge is -2.34. The molecule has 0 fully saturated rings. The summed E-state index contributed by atoms with van der Waals surface area (Å²) in [6.45, 7) is 5.98. The molecule has 4 N–H and O–H groups in total. The number of rotatable bonds is 4. The Morgan fingerprint density at radius 2 is 1.72 bits per heavy atom. The van der Waals surface area contributed by atoms with Gasteiger partial charge in [-0.15, -0.1) is 0 Å². The third-order valence-corrected chi connectivity index (χ3v) is 6.52. The molecule has 2 aromatic carbocycles. The first-order valence-electron chi connectivity index (χ1n) is 13.2. The molecule has 0 spiro atoms. The molecular weight excluding hydrogens is 496 g/mol. The molecule has 0 bridgehead atoms. The number of aliphatic hydroxyl groups is 1. The van der Waals surface area contributed by atoms with E-state index in [1.807, 2.05) is 68.4 Å². The van der Waals surface area contributed by atoms with Gasteiger partial charge in [-0.1, -0.05) is 68.2 Å². The van der Waals surface area contributed by atoms with Crippen LogP contribution in [0, 0.1) is 17.8 Å². The second-order valence-electron chi connectivity index (χ2n) is 9.93. The van der Waals surface area contributed by atoms with Crippen LogP contribution in [-0.4, -0.2) is 78.7 Å². The van der Waals surface area contributed by atoms with Gasteiger partial charge in [-0.05, 0) is 30.5 Å². The molecule has 0 saturated heterocycles. The summed E-state index contributed by atoms with van der Waals surface area (Å²) < 4.78 is 5.92. The molecule has 4 atom stereocenters. The fourth-order valence-corrected chi connectivity index (χ4v) is 4.46. The number of aliphatic hydroxyl groups excluding tert-OH is 1. The highest BCUT2D eigenvalue weighted by Crippen LogP contribution is 2.17. The van der Waals surface area contributed by atoms with Gasteiger partial charge in [-0.2, -0.15) is 0 Å². The molecule has 1 unspecified atom stereocenters. The Hall–Kier alpha value is -3.87. The lowest BCUT2D eigenvalue weighted by molar-refractivity contribution is -0.145. The van der Waals surface area contributed by atoms with Gasteiger partial charge in [0.2, 0.25) is 17.7 Å². The number of nitrogens with one attached hydrogen (secondary N) is 3. The number of likely N-dealkylation sites (N-methyl/N-ethyl adjacent to an activating group) is 1. The van der Waals surface area contributed by atoms with Gasteiger partial charge in [0, 0.05) is 20.0 Å². The molecule has 9 heteroatoms. The summed E-state index contributed by atoms with van der Waals surface area (Å²) in [7, 11) is 1.49. The number of amides is 3. The van der Waals surface area contributed by atoms with Gasteiger partial charge in [-0.25, -0.2) is 0 Å². The zero-order valence-corrected chi connectivity index (χ0v) is 22.9. The SMILES string of the molecule is CC(C)[C@@H]1NCCOc2ccccc2C#CCNC(=O)[C@@H](Cc2ccccc2)NC(=O)[C@H](C(C)O)N(C)C1=O. The predicted octanol–water partition coefficient (Wildman–Crippen LogP) is 1.10. The van der Waals surface area contributed by atoms with Crippen molar-refractivity contribution in [1.29, 1.82) is 0 Å². The summed E-state index contributed by atoms with van der Waals surface area (Å²) >= 11 is 0. The van der Waals surface area contributed by atoms with E-state index in [-0.39, 0.29) is 31.4 Å². The minimum absolute atomic E-state index is 0.0597. The molecule has 0 aliphatic carbocycles. The molecule has 9 nitrogen and oxygen atoms in total. The third-order valence-electron chi connectivity index (χ3n) is 6.52. The summed E-state index contributed by atoms with van der Waals surface area (Å²) in [4.78, 5) is 41.4. The van der Waals surface area contributed by atoms with Gasteiger partial charge in [-0.3, -0.25) is 14.4 Å². The standard InChI is InChI=1S/C30H38N4O5/c1-20(2)26-30(38)34(4)27(21(3)35)29(37)33-24(19-22-11-6-5-7-12-22)28(36)32-16-10-14-23-13-8-9-15-25(23)39-18-17-31-26/h5-9,11-13,15,20-21,24,26-27,31,35H,16-19H2,1-4H3,(H,32,36)(H,33,37)/t21?,24-,26+,27+/m1/s1. The highest BCUT2D eigenvalue weighted by molar-refractivity contribution is 5.93. The van der Waals surface area contributed by atoms with E-state index in [4.69, 9.17) is 4.74 Å². The Morgan fingerprint density at radius 3 is 2.41 bits per heavy atom. The van der Waals surface area contributed by atoms with Crippen molar-refractivity contribution in [2.45, 2.75) is 51.4 Å². The number of carbonyl (C=O) groups is 3. The smallest absolute Gasteiger partial charge is 0.246 e. The van der Waals surface area contributed by atoms with E-state index < -0.39 is 36.0 Å². The minimum atomic E-state index is -1.20. The zero-order chi connectivity index (χ0) is 28.4. The van der Waals surface area contributed by atoms with E-state index >= 15 is 0 Å². The second kappa shape index (κ2) is 14.3. The summed E-state index contributed by atoms with van der Waals surface area (Å²) in [5.74, 6) is 5.10. The van der Waals surface area contributed by atoms with E-state index in [0.717, 1.165) is 5.56 Å². The Kier molecular flexibility index (Phi) is 10.9. The molecule has 2 aromatic rings. The van der Waals surface area contributed by atoms with Crippen LogP contribution < -0.4 is 20.7 Å². The second-order valence-corrected chi connectivity index (χ2v) is 9.93. The van der Waals surface area contributed by atoms with E-state index in [9.17, 15) is 19.5 Å². The van der Waals surface area contributed by atoms with Gasteiger partial charge in [0.25, 0.3) is 0 Å². The van der Waals surface area contributed by atoms with Crippen LogP contribution in [0.1, 0.15) is 31.9 Å². The molecule has 39 heavy (non-hydrogen) atoms. The van der Waals surface area contributed by atoms with Crippen molar-refractivity contribution in [3.05, 3.63) is 65.7 Å². The summed E-state index contributed by atoms with van der Waals surface area (Å²) in [6, 6.07) is 13.9. The number of ether oxygens (including phenoxy) is 1. The monoisotopic (exact) mass is 534 g/mol. The topological polar surface area (TPSA) is 120 Å². The number of para-hydroxylation sites is 1. The number of nitrogens with zero attached hydrogens (tertiary/aromatic N) is 1. The van der Waals surface area contributed by atoms with E-state index in [1.54, 1.807) is 0 Å². The van der Waals surface area contributed by atoms with Crippen LogP contribution in [0.25, 0.3) is 0 Å². The maximum Gasteiger partial charge on any atom is 0.246 e. The molecule has 1 heterocycles. The molecule has 208 valence electrons. The van der Waals surface area contributed by atoms with Gasteiger partial charge in [0.05, 0.1) is 24.3 Å². The number of hydrogen-bond acceptors (Lipinski definition) is 6. The van der Waals surface area contributed by atoms with Crippen LogP contribution in [0.2, 0.25) is 0 Å². The molecule has 0 radical (unpaired) electrons. The van der Waals surface area contributed by atoms with E-state index in [2.05, 4.69) is 27.8 Å². The van der Waals surface area contributed by atoms with Gasteiger partial charge in [0.15, 0.2) is 0 Å². The molecule has 0 aromatic heterocycles. The normalized spacial score (nSPS) is 22.3. The Balaban J connectivity index is 1.95. The number of carbonyl (C=O) groups excluding carboxylic acids is 3. The van der Waals surface area contributed by atoms with Crippen molar-refractivity contribution < 1.29 is 24.2 Å². The lowest BCUT2D eigenvalue weighted by Crippen LogP contribution is -2.60. The first-order chi connectivity index (χ1) is 18.7. The molecule has 1 aliphatic rings. The molecule has 1 aliphatic heterocycles. The van der Waals surface area contributed by atoms with Crippen molar-refractivity contribution in [2.75, 3.05) is 26.7 Å². The maximum absolute atomic E-state index is 13.5. The average Bonchev–Trinajstić information content (AvgIpc) is 2.90. The van der Waals surface area contributed by atoms with Crippen LogP contribution >= 0.6 is 0 Å². The van der Waals surface area contributed by atoms with E-state index in [1.165, 1.54) is 18.9 Å². The quantitative estimate of drug-likeness (QED) is 0.436. The van der Waals surface area contributed by atoms with Gasteiger partial charge < -0.3 is 30.7 Å². The third kappa shape index (κ3) is 8.31. The number of hydrogen-bond donors (Lipinski definition) is 4. The fourth-order valence-electron chi connectivity index (χ4n) is 4.46. The van der Waals surface area contributed by atoms with Crippen molar-refractivity contribution in [1.82, 2.24) is 20.9 Å². The predicted molar refractivity (Wildman–Crippen MR) is 149 cm³/mol. The maximum atomic E-state index is 13.5. The largest absolute Gasteiger partial charge is 0.491 e. The average molecular weight is 535 g/mol. The summed E-state index contributed by atoms with van der Waals surface area (Å²) in [6.07, 6.45) is -0.952. The number of benzene rings is 2. The van der Waals surface area contributed by atoms with Crippen molar-refractivity contribution in [2.24, 2.45) is 5.92 Å². The first-order valence-corrected chi connectivity index (χ1v) is 13.2. The Labute approximate surface area is 230 Å². The molecule has 3 rings (SSSR count). The molecular formula is C30H38N4O5. The van der Waals surface area contributed by atoms with Crippen LogP contribution in [0.3, 0.4) is 0 Å². The Morgan fingerprint density at radius 1 is 1.03 bits per heavy atom. The van der Waals surface area contributed by atoms with Gasteiger partial charge in [0.1, 0.15) is 24.4 Å². The van der Waals surface area contributed by atoms with Crippen molar-refractivity contribution in [3.63, 3.8) is 0 Å². The van der Waals surface area contributed by atoms with Gasteiger partial charge >= 0.3 is 0 Å². The highest BCUT2D eigenvalue weighted by Gasteiger charge is 2.36. The van der Waals surface area contributed by atoms with Crippen LogP contribution in [0.5, 0.6) is 5.75 Å². The zero-order valence-electron chi connectivity index (χ0n) is 22.9. The first kappa shape index (κ1) is 29.7. The highest BCUT2D eigenvalue weighted by atomic mass is 16.5. The summed E-state index contributed by atoms with van der Waals surface area (Å²) in [5, 5.41) is 19.3.